The van der Waals surface area contributed by atoms with E-state index in [2.05, 4.69) is 17.1 Å². The molecular formula is C55H93N3O17. The number of carbonyl (C=O) groups is 3. The number of esters is 2. The molecule has 0 saturated carbocycles. The molecule has 2 aliphatic rings. The van der Waals surface area contributed by atoms with Crippen molar-refractivity contribution in [2.75, 3.05) is 6.54 Å². The second-order valence-electron chi connectivity index (χ2n) is 21.4. The lowest BCUT2D eigenvalue weighted by Crippen LogP contribution is -2.60. The van der Waals surface area contributed by atoms with Gasteiger partial charge in [0.25, 0.3) is 0 Å². The Labute approximate surface area is 443 Å². The van der Waals surface area contributed by atoms with Crippen molar-refractivity contribution in [3.05, 3.63) is 59.8 Å². The molecule has 2 aliphatic heterocycles. The van der Waals surface area contributed by atoms with Gasteiger partial charge in [-0.1, -0.05) is 83.2 Å². The number of aliphatic hydroxyl groups excluding tert-OH is 9. The number of hydrogen-bond donors (Lipinski definition) is 13. The standard InChI is InChI=1S/C55H93N3O17/c1-32-17-14-19-36(5)51(35(4)16-12-10-8-9-11-13-23-58-54(56)57)74-53(71)37(6)20-15-18-33(2)45(63)29-46(64)38(7)43(61)22-21-34(3)48(66)31-55(72)52(70)47(65)28-42(75-55)27-41(73-50(69)30-49(67)68)25-39(59)24-40(60)26-44(32)62/h8-9,14-15,17-20,33-36,38-48,51-52,59-66,70,72H,10-13,16,21-31H2,1-7H3,(H,67,68)(H4,56,57,58)/b9-8+,18-15-,19-14-,32-17-,37-20-/t33-,34+,35+,36-,38-,39+,40+,41+,42-,43+,44+,45-,46+,47-,48-,51-,52-,55+/m0/s1. The molecule has 430 valence electrons. The molecule has 1 saturated heterocycles. The summed E-state index contributed by atoms with van der Waals surface area (Å²) in [5.74, 6) is -7.78. The van der Waals surface area contributed by atoms with Gasteiger partial charge in [0, 0.05) is 68.4 Å². The monoisotopic (exact) mass is 1070 g/mol. The molecule has 20 heteroatoms. The highest BCUT2D eigenvalue weighted by Crippen LogP contribution is 2.36. The van der Waals surface area contributed by atoms with Gasteiger partial charge in [-0.2, -0.15) is 0 Å². The van der Waals surface area contributed by atoms with Crippen LogP contribution in [0.25, 0.3) is 0 Å². The van der Waals surface area contributed by atoms with Gasteiger partial charge >= 0.3 is 17.9 Å². The maximum absolute atomic E-state index is 13.6. The normalized spacial score (nSPS) is 38.0. The van der Waals surface area contributed by atoms with Crippen LogP contribution in [0.15, 0.2) is 64.7 Å². The molecule has 0 aromatic heterocycles. The first-order valence-corrected chi connectivity index (χ1v) is 26.7. The largest absolute Gasteiger partial charge is 0.481 e. The summed E-state index contributed by atoms with van der Waals surface area (Å²) in [6, 6.07) is 0. The van der Waals surface area contributed by atoms with Crippen LogP contribution in [0.3, 0.4) is 0 Å². The number of carboxylic acids is 1. The van der Waals surface area contributed by atoms with E-state index in [-0.39, 0.29) is 69.2 Å². The number of aliphatic imine (C=N–C) groups is 1. The number of fused-ring (bicyclic) bond motifs is 2. The molecule has 2 bridgehead atoms. The van der Waals surface area contributed by atoms with E-state index in [4.69, 9.17) is 25.7 Å². The average molecular weight is 1070 g/mol. The van der Waals surface area contributed by atoms with Crippen molar-refractivity contribution >= 4 is 23.9 Å². The molecule has 1 fully saturated rings. The van der Waals surface area contributed by atoms with Crippen LogP contribution in [0, 0.1) is 29.6 Å². The Kier molecular flexibility index (Phi) is 30.4. The van der Waals surface area contributed by atoms with E-state index in [1.54, 1.807) is 65.0 Å². The Morgan fingerprint density at radius 1 is 0.787 bits per heavy atom. The number of allylic oxidation sites excluding steroid dienone is 6. The van der Waals surface area contributed by atoms with E-state index in [9.17, 15) is 70.6 Å². The summed E-state index contributed by atoms with van der Waals surface area (Å²) in [6.45, 7) is 12.8. The Morgan fingerprint density at radius 2 is 1.41 bits per heavy atom. The maximum Gasteiger partial charge on any atom is 0.334 e. The second kappa shape index (κ2) is 34.0. The summed E-state index contributed by atoms with van der Waals surface area (Å²) >= 11 is 0. The van der Waals surface area contributed by atoms with Crippen LogP contribution in [0.2, 0.25) is 0 Å². The zero-order valence-corrected chi connectivity index (χ0v) is 45.2. The number of ether oxygens (including phenoxy) is 3. The van der Waals surface area contributed by atoms with Crippen LogP contribution in [0.4, 0.5) is 0 Å². The minimum Gasteiger partial charge on any atom is -0.481 e. The van der Waals surface area contributed by atoms with Crippen molar-refractivity contribution < 1.29 is 84.8 Å². The molecule has 0 aromatic carbocycles. The van der Waals surface area contributed by atoms with Gasteiger partial charge in [-0.25, -0.2) is 4.79 Å². The molecule has 0 amide bonds. The van der Waals surface area contributed by atoms with E-state index in [0.717, 1.165) is 32.1 Å². The molecule has 18 atom stereocenters. The molecular weight excluding hydrogens is 975 g/mol. The van der Waals surface area contributed by atoms with Crippen LogP contribution < -0.4 is 11.5 Å². The van der Waals surface area contributed by atoms with Crippen LogP contribution >= 0.6 is 0 Å². The molecule has 2 heterocycles. The third-order valence-electron chi connectivity index (χ3n) is 14.5. The van der Waals surface area contributed by atoms with E-state index < -0.39 is 128 Å². The predicted octanol–water partition coefficient (Wildman–Crippen LogP) is 3.11. The SMILES string of the molecule is C/C1=C/C=C\[C@H](C)[C@@H](O)C[C@@H](O)[C@@H](C)[C@H](O)CC[C@@H](C)[C@@H](O)C[C@@]2(O)O[C@@H](C[C@H](OC(=O)CC(=O)O)C[C@H](O)C[C@@H](O)C[C@@H](O)/C(C)=C\C=C/[C@H](C)[C@H]([C@H](C)CCC/C=C/CCCN=C(N)N)OC1=O)C[C@H](O)[C@@H]2O. The number of aliphatic hydroxyl groups is 10. The third-order valence-corrected chi connectivity index (χ3v) is 14.5. The molecule has 2 rings (SSSR count). The fourth-order valence-corrected chi connectivity index (χ4v) is 9.34. The molecule has 20 nitrogen and oxygen atoms in total. The van der Waals surface area contributed by atoms with Crippen molar-refractivity contribution in [1.82, 2.24) is 0 Å². The van der Waals surface area contributed by atoms with Gasteiger partial charge in [0.1, 0.15) is 24.7 Å². The Bertz CT molecular complexity index is 1910. The summed E-state index contributed by atoms with van der Waals surface area (Å²) in [5.41, 5.74) is 11.6. The van der Waals surface area contributed by atoms with E-state index >= 15 is 0 Å². The minimum atomic E-state index is -2.52. The lowest BCUT2D eigenvalue weighted by Gasteiger charge is -2.45. The Hall–Kier alpha value is -4.06. The van der Waals surface area contributed by atoms with Crippen LogP contribution in [-0.4, -0.2) is 166 Å². The van der Waals surface area contributed by atoms with Gasteiger partial charge in [0.2, 0.25) is 0 Å². The number of unbranched alkanes of at least 4 members (excludes halogenated alkanes) is 2. The lowest BCUT2D eigenvalue weighted by molar-refractivity contribution is -0.333. The Balaban J connectivity index is 2.45. The van der Waals surface area contributed by atoms with Gasteiger partial charge in [-0.15, -0.1) is 0 Å². The molecule has 15 N–H and O–H groups in total. The number of cyclic esters (lactones) is 1. The number of carbonyl (C=O) groups excluding carboxylic acids is 2. The highest BCUT2D eigenvalue weighted by Gasteiger charge is 2.50. The van der Waals surface area contributed by atoms with E-state index in [0.29, 0.717) is 17.7 Å². The molecule has 0 unspecified atom stereocenters. The summed E-state index contributed by atoms with van der Waals surface area (Å²) in [5, 5.41) is 120. The van der Waals surface area contributed by atoms with Crippen LogP contribution in [-0.2, 0) is 28.6 Å². The topological polar surface area (TPSA) is 366 Å². The lowest BCUT2D eigenvalue weighted by atomic mass is 9.84. The molecule has 75 heavy (non-hydrogen) atoms. The van der Waals surface area contributed by atoms with Gasteiger partial charge in [-0.3, -0.25) is 14.6 Å². The summed E-state index contributed by atoms with van der Waals surface area (Å²) in [7, 11) is 0. The smallest absolute Gasteiger partial charge is 0.334 e. The van der Waals surface area contributed by atoms with Crippen molar-refractivity contribution in [3.8, 4) is 0 Å². The number of carboxylic acid groups (broad SMARTS) is 1. The van der Waals surface area contributed by atoms with Gasteiger partial charge < -0.3 is 81.8 Å². The highest BCUT2D eigenvalue weighted by molar-refractivity contribution is 5.90. The first-order chi connectivity index (χ1) is 35.1. The third kappa shape index (κ3) is 25.3. The number of hydrogen-bond acceptors (Lipinski definition) is 17. The predicted molar refractivity (Wildman–Crippen MR) is 282 cm³/mol. The first-order valence-electron chi connectivity index (χ1n) is 26.7. The summed E-state index contributed by atoms with van der Waals surface area (Å²) < 4.78 is 17.5. The quantitative estimate of drug-likeness (QED) is 0.0333. The minimum absolute atomic E-state index is 0.0618. The zero-order chi connectivity index (χ0) is 56.6. The van der Waals surface area contributed by atoms with Crippen LogP contribution in [0.1, 0.15) is 145 Å². The summed E-state index contributed by atoms with van der Waals surface area (Å²) in [4.78, 5) is 41.5. The van der Waals surface area contributed by atoms with Crippen molar-refractivity contribution in [3.63, 3.8) is 0 Å². The van der Waals surface area contributed by atoms with E-state index in [1.807, 2.05) is 19.9 Å². The fraction of sp³-hybridized carbons (Fsp3) is 0.745. The molecule has 0 radical (unpaired) electrons. The Morgan fingerprint density at radius 3 is 2.07 bits per heavy atom. The average Bonchev–Trinajstić information content (AvgIpc) is 3.31. The van der Waals surface area contributed by atoms with Crippen molar-refractivity contribution in [1.29, 1.82) is 0 Å². The molecule has 0 aromatic rings. The number of guanidine groups is 1. The van der Waals surface area contributed by atoms with Crippen LogP contribution in [0.5, 0.6) is 0 Å². The highest BCUT2D eigenvalue weighted by atomic mass is 16.7. The van der Waals surface area contributed by atoms with Crippen molar-refractivity contribution in [2.45, 2.75) is 224 Å². The van der Waals surface area contributed by atoms with E-state index in [1.165, 1.54) is 0 Å². The molecule has 0 aliphatic carbocycles. The van der Waals surface area contributed by atoms with Gasteiger partial charge in [0.05, 0.1) is 54.9 Å². The van der Waals surface area contributed by atoms with Crippen molar-refractivity contribution in [2.24, 2.45) is 46.0 Å². The first kappa shape index (κ1) is 67.1. The molecule has 0 spiro atoms. The second-order valence-corrected chi connectivity index (χ2v) is 21.4. The number of nitrogens with two attached hydrogens (primary N) is 2. The number of rotatable bonds is 12. The number of aliphatic carboxylic acids is 1. The van der Waals surface area contributed by atoms with Gasteiger partial charge in [0.15, 0.2) is 11.7 Å². The zero-order valence-electron chi connectivity index (χ0n) is 45.2. The maximum atomic E-state index is 13.6. The fourth-order valence-electron chi connectivity index (χ4n) is 9.34. The van der Waals surface area contributed by atoms with Gasteiger partial charge in [-0.05, 0) is 82.6 Å². The number of nitrogens with zero attached hydrogens (tertiary/aromatic N) is 1. The summed E-state index contributed by atoms with van der Waals surface area (Å²) in [6.07, 6.45) is 0.718.